The van der Waals surface area contributed by atoms with Gasteiger partial charge in [-0.15, -0.1) is 0 Å². The maximum absolute atomic E-state index is 9.68. The third-order valence-corrected chi connectivity index (χ3v) is 2.00. The summed E-state index contributed by atoms with van der Waals surface area (Å²) >= 11 is 0. The molecule has 0 fully saturated rings. The molecule has 0 heterocycles. The van der Waals surface area contributed by atoms with E-state index in [1.54, 1.807) is 0 Å². The third-order valence-electron chi connectivity index (χ3n) is 2.00. The van der Waals surface area contributed by atoms with Crippen LogP contribution >= 0.6 is 0 Å². The van der Waals surface area contributed by atoms with Crippen LogP contribution in [-0.2, 0) is 4.74 Å². The van der Waals surface area contributed by atoms with Crippen LogP contribution in [0, 0.1) is 5.41 Å². The van der Waals surface area contributed by atoms with Crippen molar-refractivity contribution < 1.29 is 9.84 Å². The van der Waals surface area contributed by atoms with Crippen LogP contribution in [0.2, 0.25) is 0 Å². The van der Waals surface area contributed by atoms with Gasteiger partial charge in [-0.25, -0.2) is 0 Å². The van der Waals surface area contributed by atoms with E-state index in [0.29, 0.717) is 6.54 Å². The zero-order valence-electron chi connectivity index (χ0n) is 10.7. The van der Waals surface area contributed by atoms with Crippen molar-refractivity contribution in [1.82, 2.24) is 5.32 Å². The second-order valence-electron chi connectivity index (χ2n) is 5.24. The number of aliphatic hydroxyl groups excluding tert-OH is 1. The van der Waals surface area contributed by atoms with Crippen molar-refractivity contribution in [2.24, 2.45) is 5.41 Å². The van der Waals surface area contributed by atoms with E-state index >= 15 is 0 Å². The van der Waals surface area contributed by atoms with Crippen molar-refractivity contribution in [2.75, 3.05) is 26.3 Å². The Bertz CT molecular complexity index is 143. The van der Waals surface area contributed by atoms with Crippen LogP contribution < -0.4 is 5.32 Å². The highest BCUT2D eigenvalue weighted by Gasteiger charge is 2.15. The molecule has 0 aromatic heterocycles. The molecule has 0 aliphatic carbocycles. The van der Waals surface area contributed by atoms with Crippen molar-refractivity contribution in [3.63, 3.8) is 0 Å². The van der Waals surface area contributed by atoms with Crippen molar-refractivity contribution in [3.05, 3.63) is 0 Å². The molecule has 0 aliphatic rings. The van der Waals surface area contributed by atoms with Gasteiger partial charge in [-0.3, -0.25) is 0 Å². The number of aliphatic hydroxyl groups is 1. The van der Waals surface area contributed by atoms with Gasteiger partial charge in [0.1, 0.15) is 0 Å². The molecule has 3 nitrogen and oxygen atoms in total. The number of hydrogen-bond acceptors (Lipinski definition) is 3. The summed E-state index contributed by atoms with van der Waals surface area (Å²) in [4.78, 5) is 0. The Morgan fingerprint density at radius 1 is 1.27 bits per heavy atom. The number of rotatable bonds is 8. The van der Waals surface area contributed by atoms with E-state index < -0.39 is 0 Å². The van der Waals surface area contributed by atoms with Crippen molar-refractivity contribution in [1.29, 1.82) is 0 Å². The zero-order chi connectivity index (χ0) is 11.7. The first-order valence-corrected chi connectivity index (χ1v) is 5.92. The molecule has 0 radical (unpaired) electrons. The monoisotopic (exact) mass is 217 g/mol. The number of nitrogens with one attached hydrogen (secondary N) is 1. The molecule has 92 valence electrons. The lowest BCUT2D eigenvalue weighted by atomic mass is 9.89. The van der Waals surface area contributed by atoms with E-state index in [9.17, 15) is 5.11 Å². The van der Waals surface area contributed by atoms with Crippen LogP contribution in [-0.4, -0.2) is 37.5 Å². The molecule has 1 atom stereocenters. The molecule has 0 rings (SSSR count). The second kappa shape index (κ2) is 8.08. The second-order valence-corrected chi connectivity index (χ2v) is 5.24. The first-order valence-electron chi connectivity index (χ1n) is 5.92. The minimum absolute atomic E-state index is 0.194. The van der Waals surface area contributed by atoms with Gasteiger partial charge in [0, 0.05) is 19.7 Å². The molecule has 0 aliphatic heterocycles. The Hall–Kier alpha value is -0.120. The topological polar surface area (TPSA) is 41.5 Å². The smallest absolute Gasteiger partial charge is 0.0669 e. The molecule has 0 aromatic rings. The SMILES string of the molecule is CCCOCCNCC(O)CC(C)(C)C. The summed E-state index contributed by atoms with van der Waals surface area (Å²) < 4.78 is 5.32. The molecule has 1 unspecified atom stereocenters. The highest BCUT2D eigenvalue weighted by atomic mass is 16.5. The minimum Gasteiger partial charge on any atom is -0.392 e. The van der Waals surface area contributed by atoms with Crippen LogP contribution in [0.3, 0.4) is 0 Å². The lowest BCUT2D eigenvalue weighted by Crippen LogP contribution is -2.32. The average molecular weight is 217 g/mol. The lowest BCUT2D eigenvalue weighted by molar-refractivity contribution is 0.108. The number of ether oxygens (including phenoxy) is 1. The van der Waals surface area contributed by atoms with Gasteiger partial charge < -0.3 is 15.2 Å². The van der Waals surface area contributed by atoms with Gasteiger partial charge in [0.2, 0.25) is 0 Å². The van der Waals surface area contributed by atoms with Gasteiger partial charge >= 0.3 is 0 Å². The quantitative estimate of drug-likeness (QED) is 0.609. The molecular weight excluding hydrogens is 190 g/mol. The molecule has 0 amide bonds. The van der Waals surface area contributed by atoms with Crippen molar-refractivity contribution >= 4 is 0 Å². The highest BCUT2D eigenvalue weighted by molar-refractivity contribution is 4.69. The van der Waals surface area contributed by atoms with E-state index in [-0.39, 0.29) is 11.5 Å². The maximum Gasteiger partial charge on any atom is 0.0669 e. The van der Waals surface area contributed by atoms with Crippen molar-refractivity contribution in [3.8, 4) is 0 Å². The minimum atomic E-state index is -0.254. The van der Waals surface area contributed by atoms with E-state index in [4.69, 9.17) is 4.74 Å². The van der Waals surface area contributed by atoms with E-state index in [2.05, 4.69) is 33.0 Å². The molecule has 0 saturated heterocycles. The first-order chi connectivity index (χ1) is 6.95. The summed E-state index contributed by atoms with van der Waals surface area (Å²) in [5.74, 6) is 0. The summed E-state index contributed by atoms with van der Waals surface area (Å²) in [6, 6.07) is 0. The Labute approximate surface area is 94.2 Å². The molecule has 0 bridgehead atoms. The Morgan fingerprint density at radius 3 is 2.47 bits per heavy atom. The highest BCUT2D eigenvalue weighted by Crippen LogP contribution is 2.20. The molecule has 2 N–H and O–H groups in total. The predicted octanol–water partition coefficient (Wildman–Crippen LogP) is 1.80. The van der Waals surface area contributed by atoms with Crippen LogP contribution in [0.25, 0.3) is 0 Å². The van der Waals surface area contributed by atoms with Crippen molar-refractivity contribution in [2.45, 2.75) is 46.6 Å². The third kappa shape index (κ3) is 11.8. The normalized spacial score (nSPS) is 14.2. The molecule has 3 heteroatoms. The van der Waals surface area contributed by atoms with E-state index in [0.717, 1.165) is 32.6 Å². The predicted molar refractivity (Wildman–Crippen MR) is 64.1 cm³/mol. The zero-order valence-corrected chi connectivity index (χ0v) is 10.7. The van der Waals surface area contributed by atoms with E-state index in [1.807, 2.05) is 0 Å². The van der Waals surface area contributed by atoms with Gasteiger partial charge in [-0.2, -0.15) is 0 Å². The number of hydrogen-bond donors (Lipinski definition) is 2. The molecule has 0 saturated carbocycles. The first kappa shape index (κ1) is 14.9. The summed E-state index contributed by atoms with van der Waals surface area (Å²) in [6.45, 7) is 11.6. The summed E-state index contributed by atoms with van der Waals surface area (Å²) in [7, 11) is 0. The Morgan fingerprint density at radius 2 is 1.93 bits per heavy atom. The molecule has 0 spiro atoms. The largest absolute Gasteiger partial charge is 0.392 e. The summed E-state index contributed by atoms with van der Waals surface area (Å²) in [6.07, 6.45) is 1.64. The fourth-order valence-corrected chi connectivity index (χ4v) is 1.44. The molecular formula is C12H27NO2. The average Bonchev–Trinajstić information content (AvgIpc) is 2.08. The van der Waals surface area contributed by atoms with Gasteiger partial charge in [0.05, 0.1) is 12.7 Å². The lowest BCUT2D eigenvalue weighted by Gasteiger charge is -2.22. The summed E-state index contributed by atoms with van der Waals surface area (Å²) in [5.41, 5.74) is 0.194. The Balaban J connectivity index is 3.28. The van der Waals surface area contributed by atoms with Crippen LogP contribution in [0.4, 0.5) is 0 Å². The fourth-order valence-electron chi connectivity index (χ4n) is 1.44. The van der Waals surface area contributed by atoms with Gasteiger partial charge in [-0.1, -0.05) is 27.7 Å². The van der Waals surface area contributed by atoms with E-state index in [1.165, 1.54) is 0 Å². The summed E-state index contributed by atoms with van der Waals surface area (Å²) in [5, 5.41) is 12.9. The standard InChI is InChI=1S/C12H27NO2/c1-5-7-15-8-6-13-10-11(14)9-12(2,3)4/h11,13-14H,5-10H2,1-4H3. The van der Waals surface area contributed by atoms with Crippen LogP contribution in [0.5, 0.6) is 0 Å². The van der Waals surface area contributed by atoms with Crippen LogP contribution in [0.1, 0.15) is 40.5 Å². The van der Waals surface area contributed by atoms with Gasteiger partial charge in [0.25, 0.3) is 0 Å². The van der Waals surface area contributed by atoms with Gasteiger partial charge in [-0.05, 0) is 18.3 Å². The molecule has 15 heavy (non-hydrogen) atoms. The van der Waals surface area contributed by atoms with Crippen LogP contribution in [0.15, 0.2) is 0 Å². The Kier molecular flexibility index (Phi) is 8.02. The molecule has 0 aromatic carbocycles. The maximum atomic E-state index is 9.68. The van der Waals surface area contributed by atoms with Gasteiger partial charge in [0.15, 0.2) is 0 Å². The fraction of sp³-hybridized carbons (Fsp3) is 1.00.